The molecule has 21 heavy (non-hydrogen) atoms. The van der Waals surface area contributed by atoms with Crippen LogP contribution in [0.5, 0.6) is 0 Å². The molecule has 0 spiro atoms. The van der Waals surface area contributed by atoms with E-state index in [2.05, 4.69) is 0 Å². The summed E-state index contributed by atoms with van der Waals surface area (Å²) in [4.78, 5) is 13.9. The summed E-state index contributed by atoms with van der Waals surface area (Å²) in [6.07, 6.45) is 1.10. The zero-order chi connectivity index (χ0) is 15.2. The maximum Gasteiger partial charge on any atom is 0.226 e. The van der Waals surface area contributed by atoms with E-state index in [1.54, 1.807) is 11.9 Å². The van der Waals surface area contributed by atoms with Crippen molar-refractivity contribution in [3.8, 4) is 0 Å². The van der Waals surface area contributed by atoms with Crippen LogP contribution >= 0.6 is 0 Å². The van der Waals surface area contributed by atoms with E-state index in [1.807, 2.05) is 61.5 Å². The molecular weight excluding hydrogens is 260 g/mol. The van der Waals surface area contributed by atoms with E-state index in [4.69, 9.17) is 5.73 Å². The molecule has 0 fully saturated rings. The van der Waals surface area contributed by atoms with Crippen molar-refractivity contribution in [2.45, 2.75) is 25.8 Å². The van der Waals surface area contributed by atoms with Crippen molar-refractivity contribution in [1.29, 1.82) is 0 Å². The summed E-state index contributed by atoms with van der Waals surface area (Å²) in [5.74, 6) is 0.0882. The summed E-state index contributed by atoms with van der Waals surface area (Å²) in [6, 6.07) is 17.7. The maximum atomic E-state index is 12.2. The van der Waals surface area contributed by atoms with Gasteiger partial charge in [-0.05, 0) is 31.0 Å². The fourth-order valence-corrected chi connectivity index (χ4v) is 2.23. The number of carbonyl (C=O) groups excluding carboxylic acids is 1. The van der Waals surface area contributed by atoms with Crippen LogP contribution in [0.3, 0.4) is 0 Å². The van der Waals surface area contributed by atoms with Gasteiger partial charge in [-0.2, -0.15) is 0 Å². The normalized spacial score (nSPS) is 12.0. The van der Waals surface area contributed by atoms with Crippen LogP contribution in [0.2, 0.25) is 0 Å². The highest BCUT2D eigenvalue weighted by atomic mass is 16.2. The molecule has 0 saturated heterocycles. The molecule has 0 saturated carbocycles. The summed E-state index contributed by atoms with van der Waals surface area (Å²) in [6.45, 7) is 2.03. The van der Waals surface area contributed by atoms with E-state index in [0.717, 1.165) is 11.3 Å². The minimum absolute atomic E-state index is 0.0882. The Balaban J connectivity index is 1.91. The van der Waals surface area contributed by atoms with Crippen LogP contribution in [0, 0.1) is 6.92 Å². The number of carbonyl (C=O) groups is 1. The van der Waals surface area contributed by atoms with E-state index in [-0.39, 0.29) is 11.9 Å². The van der Waals surface area contributed by atoms with Gasteiger partial charge in [0.15, 0.2) is 0 Å². The minimum atomic E-state index is -0.0958. The van der Waals surface area contributed by atoms with Crippen molar-refractivity contribution >= 4 is 11.6 Å². The second kappa shape index (κ2) is 7.04. The summed E-state index contributed by atoms with van der Waals surface area (Å²) in [7, 11) is 1.81. The third-order valence-corrected chi connectivity index (χ3v) is 3.69. The molecule has 0 aliphatic rings. The molecule has 0 aliphatic carbocycles. The first-order valence-corrected chi connectivity index (χ1v) is 7.21. The number of rotatable bonds is 5. The van der Waals surface area contributed by atoms with Crippen LogP contribution in [-0.4, -0.2) is 13.0 Å². The molecule has 2 aromatic rings. The highest BCUT2D eigenvalue weighted by Gasteiger charge is 2.13. The summed E-state index contributed by atoms with van der Waals surface area (Å²) in [5.41, 5.74) is 9.31. The lowest BCUT2D eigenvalue weighted by molar-refractivity contribution is -0.118. The fourth-order valence-electron chi connectivity index (χ4n) is 2.23. The quantitative estimate of drug-likeness (QED) is 0.913. The van der Waals surface area contributed by atoms with Gasteiger partial charge < -0.3 is 10.6 Å². The zero-order valence-corrected chi connectivity index (χ0v) is 12.6. The molecule has 2 rings (SSSR count). The van der Waals surface area contributed by atoms with Crippen molar-refractivity contribution in [1.82, 2.24) is 0 Å². The van der Waals surface area contributed by atoms with Crippen LogP contribution in [0.4, 0.5) is 5.69 Å². The first-order valence-electron chi connectivity index (χ1n) is 7.21. The largest absolute Gasteiger partial charge is 0.324 e. The van der Waals surface area contributed by atoms with Gasteiger partial charge in [0.2, 0.25) is 5.91 Å². The number of hydrogen-bond donors (Lipinski definition) is 1. The van der Waals surface area contributed by atoms with Crippen LogP contribution in [0.25, 0.3) is 0 Å². The van der Waals surface area contributed by atoms with Gasteiger partial charge >= 0.3 is 0 Å². The van der Waals surface area contributed by atoms with Crippen molar-refractivity contribution in [3.05, 3.63) is 65.7 Å². The standard InChI is InChI=1S/C18H22N2O/c1-14-8-10-16(11-9-14)20(2)18(21)13-12-17(19)15-6-4-3-5-7-15/h3-11,17H,12-13,19H2,1-2H3. The average molecular weight is 282 g/mol. The smallest absolute Gasteiger partial charge is 0.226 e. The third-order valence-electron chi connectivity index (χ3n) is 3.69. The van der Waals surface area contributed by atoms with Gasteiger partial charge in [0.1, 0.15) is 0 Å². The van der Waals surface area contributed by atoms with Crippen molar-refractivity contribution in [3.63, 3.8) is 0 Å². The predicted molar refractivity (Wildman–Crippen MR) is 87.2 cm³/mol. The monoisotopic (exact) mass is 282 g/mol. The Bertz CT molecular complexity index is 578. The average Bonchev–Trinajstić information content (AvgIpc) is 2.53. The summed E-state index contributed by atoms with van der Waals surface area (Å²) >= 11 is 0. The Hall–Kier alpha value is -2.13. The van der Waals surface area contributed by atoms with E-state index in [0.29, 0.717) is 12.8 Å². The Morgan fingerprint density at radius 2 is 1.71 bits per heavy atom. The topological polar surface area (TPSA) is 46.3 Å². The Kier molecular flexibility index (Phi) is 5.12. The molecule has 110 valence electrons. The molecule has 2 aromatic carbocycles. The SMILES string of the molecule is Cc1ccc(N(C)C(=O)CCC(N)c2ccccc2)cc1. The zero-order valence-electron chi connectivity index (χ0n) is 12.6. The van der Waals surface area contributed by atoms with Gasteiger partial charge in [-0.25, -0.2) is 0 Å². The third kappa shape index (κ3) is 4.17. The van der Waals surface area contributed by atoms with E-state index >= 15 is 0 Å². The highest BCUT2D eigenvalue weighted by molar-refractivity contribution is 5.92. The molecule has 0 radical (unpaired) electrons. The van der Waals surface area contributed by atoms with Gasteiger partial charge in [0, 0.05) is 25.2 Å². The van der Waals surface area contributed by atoms with E-state index < -0.39 is 0 Å². The lowest BCUT2D eigenvalue weighted by atomic mass is 10.0. The molecule has 1 unspecified atom stereocenters. The molecule has 0 aliphatic heterocycles. The highest BCUT2D eigenvalue weighted by Crippen LogP contribution is 2.18. The van der Waals surface area contributed by atoms with E-state index in [9.17, 15) is 4.79 Å². The molecule has 0 heterocycles. The molecule has 2 N–H and O–H groups in total. The Morgan fingerprint density at radius 3 is 2.33 bits per heavy atom. The molecule has 3 heteroatoms. The van der Waals surface area contributed by atoms with Gasteiger partial charge in [0.05, 0.1) is 0 Å². The fraction of sp³-hybridized carbons (Fsp3) is 0.278. The number of aryl methyl sites for hydroxylation is 1. The maximum absolute atomic E-state index is 12.2. The van der Waals surface area contributed by atoms with Crippen molar-refractivity contribution < 1.29 is 4.79 Å². The minimum Gasteiger partial charge on any atom is -0.324 e. The van der Waals surface area contributed by atoms with Crippen LogP contribution in [-0.2, 0) is 4.79 Å². The van der Waals surface area contributed by atoms with Gasteiger partial charge in [0.25, 0.3) is 0 Å². The number of benzene rings is 2. The van der Waals surface area contributed by atoms with Crippen molar-refractivity contribution in [2.24, 2.45) is 5.73 Å². The predicted octanol–water partition coefficient (Wildman–Crippen LogP) is 3.44. The molecule has 0 bridgehead atoms. The molecule has 0 aromatic heterocycles. The van der Waals surface area contributed by atoms with Crippen molar-refractivity contribution in [2.75, 3.05) is 11.9 Å². The van der Waals surface area contributed by atoms with Gasteiger partial charge in [-0.1, -0.05) is 48.0 Å². The van der Waals surface area contributed by atoms with Crippen LogP contribution < -0.4 is 10.6 Å². The first-order chi connectivity index (χ1) is 10.1. The van der Waals surface area contributed by atoms with Gasteiger partial charge in [-0.3, -0.25) is 4.79 Å². The molecule has 3 nitrogen and oxygen atoms in total. The second-order valence-electron chi connectivity index (χ2n) is 5.34. The number of nitrogens with two attached hydrogens (primary N) is 1. The number of nitrogens with zero attached hydrogens (tertiary/aromatic N) is 1. The lowest BCUT2D eigenvalue weighted by Gasteiger charge is -2.19. The van der Waals surface area contributed by atoms with Gasteiger partial charge in [-0.15, -0.1) is 0 Å². The number of hydrogen-bond acceptors (Lipinski definition) is 2. The molecule has 1 atom stereocenters. The van der Waals surface area contributed by atoms with E-state index in [1.165, 1.54) is 5.56 Å². The summed E-state index contributed by atoms with van der Waals surface area (Å²) < 4.78 is 0. The number of amides is 1. The molecule has 1 amide bonds. The molecular formula is C18H22N2O. The summed E-state index contributed by atoms with van der Waals surface area (Å²) in [5, 5.41) is 0. The number of anilines is 1. The Morgan fingerprint density at radius 1 is 1.10 bits per heavy atom. The first kappa shape index (κ1) is 15.3. The second-order valence-corrected chi connectivity index (χ2v) is 5.34. The van der Waals surface area contributed by atoms with Crippen LogP contribution in [0.15, 0.2) is 54.6 Å². The lowest BCUT2D eigenvalue weighted by Crippen LogP contribution is -2.27. The van der Waals surface area contributed by atoms with Crippen LogP contribution in [0.1, 0.15) is 30.0 Å². The Labute approximate surface area is 126 Å².